The highest BCUT2D eigenvalue weighted by molar-refractivity contribution is 9.11. The van der Waals surface area contributed by atoms with E-state index in [1.165, 1.54) is 30.2 Å². The summed E-state index contributed by atoms with van der Waals surface area (Å²) in [4.78, 5) is 23.6. The summed E-state index contributed by atoms with van der Waals surface area (Å²) in [6.07, 6.45) is 1.86. The second-order valence-electron chi connectivity index (χ2n) is 3.15. The molecule has 1 aromatic rings. The topological polar surface area (TPSA) is 55.4 Å². The molecule has 0 fully saturated rings. The summed E-state index contributed by atoms with van der Waals surface area (Å²) in [5.74, 6) is -0.583. The number of thiophene rings is 1. The van der Waals surface area contributed by atoms with Gasteiger partial charge in [-0.2, -0.15) is 11.8 Å². The fraction of sp³-hybridized carbons (Fsp3) is 0.400. The van der Waals surface area contributed by atoms with E-state index >= 15 is 0 Å². The number of methoxy groups -OCH3 is 1. The lowest BCUT2D eigenvalue weighted by atomic mass is 10.3. The molecule has 0 spiro atoms. The molecule has 0 aliphatic carbocycles. The van der Waals surface area contributed by atoms with Crippen LogP contribution in [0.1, 0.15) is 16.6 Å². The van der Waals surface area contributed by atoms with Gasteiger partial charge in [0, 0.05) is 0 Å². The van der Waals surface area contributed by atoms with Crippen molar-refractivity contribution in [2.24, 2.45) is 0 Å². The lowest BCUT2D eigenvalue weighted by molar-refractivity contribution is -0.115. The Bertz CT molecular complexity index is 433. The summed E-state index contributed by atoms with van der Waals surface area (Å²) in [6.45, 7) is 1.80. The highest BCUT2D eigenvalue weighted by Gasteiger charge is 2.19. The number of hydrogen-bond donors (Lipinski definition) is 1. The molecule has 94 valence electrons. The average Bonchev–Trinajstić information content (AvgIpc) is 2.67. The number of amides is 1. The Morgan fingerprint density at radius 1 is 1.59 bits per heavy atom. The van der Waals surface area contributed by atoms with Crippen LogP contribution >= 0.6 is 39.0 Å². The van der Waals surface area contributed by atoms with Crippen molar-refractivity contribution < 1.29 is 14.3 Å². The van der Waals surface area contributed by atoms with Crippen LogP contribution in [0.15, 0.2) is 9.85 Å². The Balaban J connectivity index is 2.91. The third-order valence-corrected chi connectivity index (χ3v) is 4.59. The van der Waals surface area contributed by atoms with Gasteiger partial charge in [0.25, 0.3) is 0 Å². The molecule has 4 nitrogen and oxygen atoms in total. The van der Waals surface area contributed by atoms with E-state index in [0.29, 0.717) is 10.6 Å². The molecule has 1 N–H and O–H groups in total. The molecular weight excluding hydrogens is 326 g/mol. The largest absolute Gasteiger partial charge is 0.465 e. The number of esters is 1. The quantitative estimate of drug-likeness (QED) is 0.858. The van der Waals surface area contributed by atoms with Gasteiger partial charge in [-0.1, -0.05) is 0 Å². The first-order valence-corrected chi connectivity index (χ1v) is 7.60. The minimum absolute atomic E-state index is 0.132. The molecule has 1 unspecified atom stereocenters. The van der Waals surface area contributed by atoms with E-state index in [-0.39, 0.29) is 11.2 Å². The molecule has 0 aromatic carbocycles. The molecule has 17 heavy (non-hydrogen) atoms. The minimum Gasteiger partial charge on any atom is -0.465 e. The molecule has 0 bridgehead atoms. The molecule has 1 amide bonds. The predicted octanol–water partition coefficient (Wildman–Crippen LogP) is 2.99. The summed E-state index contributed by atoms with van der Waals surface area (Å²) >= 11 is 5.95. The zero-order valence-corrected chi connectivity index (χ0v) is 12.8. The van der Waals surface area contributed by atoms with Crippen molar-refractivity contribution in [2.45, 2.75) is 12.2 Å². The molecule has 0 saturated heterocycles. The van der Waals surface area contributed by atoms with Crippen LogP contribution in [0.2, 0.25) is 0 Å². The van der Waals surface area contributed by atoms with Gasteiger partial charge >= 0.3 is 5.97 Å². The molecular formula is C10H12BrNO3S2. The number of ether oxygens (including phenoxy) is 1. The van der Waals surface area contributed by atoms with Crippen molar-refractivity contribution in [3.63, 3.8) is 0 Å². The zero-order valence-electron chi connectivity index (χ0n) is 9.57. The Morgan fingerprint density at radius 2 is 2.24 bits per heavy atom. The highest BCUT2D eigenvalue weighted by atomic mass is 79.9. The van der Waals surface area contributed by atoms with Crippen molar-refractivity contribution in [3.05, 3.63) is 14.7 Å². The first-order valence-electron chi connectivity index (χ1n) is 4.71. The summed E-state index contributed by atoms with van der Waals surface area (Å²) in [5, 5.41) is 2.55. The first kappa shape index (κ1) is 14.5. The number of anilines is 1. The number of rotatable bonds is 4. The van der Waals surface area contributed by atoms with Crippen molar-refractivity contribution in [2.75, 3.05) is 18.7 Å². The Kier molecular flexibility index (Phi) is 5.48. The van der Waals surface area contributed by atoms with E-state index in [2.05, 4.69) is 26.0 Å². The van der Waals surface area contributed by atoms with Crippen LogP contribution in [0, 0.1) is 0 Å². The fourth-order valence-corrected chi connectivity index (χ4v) is 2.79. The molecule has 1 heterocycles. The van der Waals surface area contributed by atoms with Gasteiger partial charge in [-0.3, -0.25) is 4.79 Å². The van der Waals surface area contributed by atoms with E-state index in [4.69, 9.17) is 0 Å². The van der Waals surface area contributed by atoms with Crippen molar-refractivity contribution in [3.8, 4) is 0 Å². The second kappa shape index (κ2) is 6.42. The normalized spacial score (nSPS) is 12.0. The van der Waals surface area contributed by atoms with E-state index in [9.17, 15) is 9.59 Å². The van der Waals surface area contributed by atoms with E-state index in [0.717, 1.165) is 3.79 Å². The molecule has 1 rings (SSSR count). The van der Waals surface area contributed by atoms with Gasteiger partial charge < -0.3 is 10.1 Å². The van der Waals surface area contributed by atoms with Gasteiger partial charge in [-0.05, 0) is 35.2 Å². The maximum atomic E-state index is 11.7. The van der Waals surface area contributed by atoms with Gasteiger partial charge in [-0.25, -0.2) is 4.79 Å². The van der Waals surface area contributed by atoms with Crippen LogP contribution in [-0.2, 0) is 9.53 Å². The number of hydrogen-bond acceptors (Lipinski definition) is 5. The monoisotopic (exact) mass is 337 g/mol. The highest BCUT2D eigenvalue weighted by Crippen LogP contribution is 2.32. The van der Waals surface area contributed by atoms with Crippen molar-refractivity contribution >= 4 is 56.6 Å². The minimum atomic E-state index is -0.451. The number of carbonyl (C=O) groups excluding carboxylic acids is 2. The molecule has 0 saturated carbocycles. The Hall–Kier alpha value is -0.530. The number of carbonyl (C=O) groups is 2. The summed E-state index contributed by atoms with van der Waals surface area (Å²) in [7, 11) is 1.31. The average molecular weight is 338 g/mol. The third-order valence-electron chi connectivity index (χ3n) is 2.05. The molecule has 0 aliphatic rings. The standard InChI is InChI=1S/C10H12BrNO3S2/c1-5(16-3)9(13)12-6-4-7(11)17-8(6)10(14)15-2/h4-5H,1-3H3,(H,12,13). The lowest BCUT2D eigenvalue weighted by Gasteiger charge is -2.09. The zero-order chi connectivity index (χ0) is 13.0. The van der Waals surface area contributed by atoms with Crippen molar-refractivity contribution in [1.82, 2.24) is 0 Å². The number of thioether (sulfide) groups is 1. The van der Waals surface area contributed by atoms with Crippen molar-refractivity contribution in [1.29, 1.82) is 0 Å². The summed E-state index contributed by atoms with van der Waals surface area (Å²) in [6, 6.07) is 1.70. The fourth-order valence-electron chi connectivity index (χ4n) is 1.04. The van der Waals surface area contributed by atoms with Crippen LogP contribution in [0.5, 0.6) is 0 Å². The van der Waals surface area contributed by atoms with Gasteiger partial charge in [0.1, 0.15) is 4.88 Å². The second-order valence-corrected chi connectivity index (χ2v) is 6.76. The van der Waals surface area contributed by atoms with Crippen LogP contribution < -0.4 is 5.32 Å². The lowest BCUT2D eigenvalue weighted by Crippen LogP contribution is -2.22. The van der Waals surface area contributed by atoms with Gasteiger partial charge in [0.15, 0.2) is 0 Å². The smallest absolute Gasteiger partial charge is 0.350 e. The Labute approximate surface area is 116 Å². The van der Waals surface area contributed by atoms with Crippen LogP contribution in [0.4, 0.5) is 5.69 Å². The van der Waals surface area contributed by atoms with Crippen LogP contribution in [-0.4, -0.2) is 30.5 Å². The summed E-state index contributed by atoms with van der Waals surface area (Å²) < 4.78 is 5.42. The molecule has 0 radical (unpaired) electrons. The Morgan fingerprint density at radius 3 is 2.76 bits per heavy atom. The van der Waals surface area contributed by atoms with Crippen LogP contribution in [0.25, 0.3) is 0 Å². The van der Waals surface area contributed by atoms with Gasteiger partial charge in [0.2, 0.25) is 5.91 Å². The summed E-state index contributed by atoms with van der Waals surface area (Å²) in [5.41, 5.74) is 0.486. The van der Waals surface area contributed by atoms with Gasteiger partial charge in [0.05, 0.1) is 21.8 Å². The van der Waals surface area contributed by atoms with E-state index < -0.39 is 5.97 Å². The van der Waals surface area contributed by atoms with E-state index in [1.807, 2.05) is 6.26 Å². The SMILES string of the molecule is COC(=O)c1sc(Br)cc1NC(=O)C(C)SC. The molecule has 7 heteroatoms. The predicted molar refractivity (Wildman–Crippen MR) is 75.0 cm³/mol. The van der Waals surface area contributed by atoms with Crippen LogP contribution in [0.3, 0.4) is 0 Å². The number of halogens is 1. The first-order chi connectivity index (χ1) is 7.99. The van der Waals surface area contributed by atoms with E-state index in [1.54, 1.807) is 13.0 Å². The van der Waals surface area contributed by atoms with Gasteiger partial charge in [-0.15, -0.1) is 11.3 Å². The maximum absolute atomic E-state index is 11.7. The molecule has 1 atom stereocenters. The molecule has 1 aromatic heterocycles. The number of nitrogens with one attached hydrogen (secondary N) is 1. The maximum Gasteiger partial charge on any atom is 0.350 e. The third kappa shape index (κ3) is 3.72. The molecule has 0 aliphatic heterocycles.